The van der Waals surface area contributed by atoms with E-state index in [2.05, 4.69) is 10.5 Å². The number of rotatable bonds is 6. The summed E-state index contributed by atoms with van der Waals surface area (Å²) >= 11 is 5.66. The number of anilines is 1. The Morgan fingerprint density at radius 3 is 2.62 bits per heavy atom. The van der Waals surface area contributed by atoms with E-state index in [1.54, 1.807) is 32.1 Å². The number of ketones is 1. The molecule has 0 amide bonds. The molecule has 21 heavy (non-hydrogen) atoms. The molecule has 0 aromatic heterocycles. The average Bonchev–Trinajstić information content (AvgIpc) is 2.46. The number of ether oxygens (including phenoxy) is 1. The minimum atomic E-state index is -0.377. The number of halogens is 1. The van der Waals surface area contributed by atoms with Gasteiger partial charge in [0.1, 0.15) is 0 Å². The number of esters is 1. The highest BCUT2D eigenvalue weighted by Crippen LogP contribution is 2.19. The lowest BCUT2D eigenvalue weighted by molar-refractivity contribution is -0.138. The third-order valence-electron chi connectivity index (χ3n) is 2.50. The Morgan fingerprint density at radius 1 is 1.33 bits per heavy atom. The van der Waals surface area contributed by atoms with Gasteiger partial charge in [0.2, 0.25) is 0 Å². The van der Waals surface area contributed by atoms with Crippen LogP contribution in [0.2, 0.25) is 0 Å². The molecule has 0 bridgehead atoms. The number of carbonyl (C=O) groups excluding carboxylic acids is 2. The highest BCUT2D eigenvalue weighted by Gasteiger charge is 2.07. The molecule has 0 radical (unpaired) electrons. The Morgan fingerprint density at radius 2 is 2.00 bits per heavy atom. The van der Waals surface area contributed by atoms with Crippen LogP contribution in [0.1, 0.15) is 26.3 Å². The summed E-state index contributed by atoms with van der Waals surface area (Å²) in [5.41, 5.74) is 4.54. The lowest BCUT2D eigenvalue weighted by Crippen LogP contribution is -2.06. The standard InChI is InChI=1S/C15H17ClN2O3/c1-4-21-15(20)10(2)9-12-7-5-6-8-13(12)17-18-14(16)11(3)19/h5-9,17H,4H2,1-3H3/b10-9-,18-14-. The second kappa shape index (κ2) is 8.21. The molecule has 1 rings (SSSR count). The fourth-order valence-corrected chi connectivity index (χ4v) is 1.49. The van der Waals surface area contributed by atoms with Gasteiger partial charge in [-0.1, -0.05) is 29.8 Å². The summed E-state index contributed by atoms with van der Waals surface area (Å²) in [5, 5.41) is 3.64. The third-order valence-corrected chi connectivity index (χ3v) is 2.85. The molecule has 0 saturated carbocycles. The summed E-state index contributed by atoms with van der Waals surface area (Å²) in [7, 11) is 0. The van der Waals surface area contributed by atoms with Crippen LogP contribution in [0.5, 0.6) is 0 Å². The van der Waals surface area contributed by atoms with E-state index in [1.807, 2.05) is 12.1 Å². The molecule has 0 aliphatic heterocycles. The van der Waals surface area contributed by atoms with Crippen LogP contribution in [-0.4, -0.2) is 23.5 Å². The van der Waals surface area contributed by atoms with Crippen molar-refractivity contribution in [3.8, 4) is 0 Å². The fraction of sp³-hybridized carbons (Fsp3) is 0.267. The van der Waals surface area contributed by atoms with E-state index in [1.165, 1.54) is 6.92 Å². The Balaban J connectivity index is 2.99. The average molecular weight is 309 g/mol. The first-order valence-corrected chi connectivity index (χ1v) is 6.78. The number of hydrogen-bond acceptors (Lipinski definition) is 5. The van der Waals surface area contributed by atoms with Crippen molar-refractivity contribution >= 4 is 40.3 Å². The molecule has 0 atom stereocenters. The first-order chi connectivity index (χ1) is 9.95. The van der Waals surface area contributed by atoms with Gasteiger partial charge in [-0.3, -0.25) is 10.2 Å². The first-order valence-electron chi connectivity index (χ1n) is 6.40. The van der Waals surface area contributed by atoms with Gasteiger partial charge in [0.05, 0.1) is 12.3 Å². The van der Waals surface area contributed by atoms with Gasteiger partial charge < -0.3 is 4.74 Å². The van der Waals surface area contributed by atoms with Gasteiger partial charge in [-0.15, -0.1) is 0 Å². The summed E-state index contributed by atoms with van der Waals surface area (Å²) in [5.74, 6) is -0.711. The van der Waals surface area contributed by atoms with Crippen LogP contribution in [0.15, 0.2) is 34.9 Å². The largest absolute Gasteiger partial charge is 0.463 e. The Labute approximate surface area is 128 Å². The van der Waals surface area contributed by atoms with E-state index in [0.29, 0.717) is 17.9 Å². The van der Waals surface area contributed by atoms with Gasteiger partial charge in [-0.2, -0.15) is 5.10 Å². The van der Waals surface area contributed by atoms with Crippen molar-refractivity contribution in [3.05, 3.63) is 35.4 Å². The number of carbonyl (C=O) groups is 2. The number of para-hydroxylation sites is 1. The van der Waals surface area contributed by atoms with E-state index in [9.17, 15) is 9.59 Å². The monoisotopic (exact) mass is 308 g/mol. The quantitative estimate of drug-likeness (QED) is 0.379. The van der Waals surface area contributed by atoms with E-state index in [4.69, 9.17) is 16.3 Å². The molecular formula is C15H17ClN2O3. The molecule has 0 fully saturated rings. The molecule has 0 heterocycles. The molecule has 0 spiro atoms. The Bertz CT molecular complexity index is 594. The van der Waals surface area contributed by atoms with Gasteiger partial charge in [-0.25, -0.2) is 4.79 Å². The van der Waals surface area contributed by atoms with E-state index in [0.717, 1.165) is 5.56 Å². The summed E-state index contributed by atoms with van der Waals surface area (Å²) < 4.78 is 4.92. The number of Topliss-reactive ketones (excluding diaryl/α,β-unsaturated/α-hetero) is 1. The maximum Gasteiger partial charge on any atom is 0.333 e. The van der Waals surface area contributed by atoms with Crippen molar-refractivity contribution in [1.29, 1.82) is 0 Å². The molecular weight excluding hydrogens is 292 g/mol. The van der Waals surface area contributed by atoms with E-state index in [-0.39, 0.29) is 16.9 Å². The second-order valence-corrected chi connectivity index (χ2v) is 4.56. The van der Waals surface area contributed by atoms with Crippen LogP contribution in [-0.2, 0) is 14.3 Å². The normalized spacial score (nSPS) is 12.0. The van der Waals surface area contributed by atoms with Crippen molar-refractivity contribution in [1.82, 2.24) is 0 Å². The van der Waals surface area contributed by atoms with Crippen molar-refractivity contribution in [3.63, 3.8) is 0 Å². The van der Waals surface area contributed by atoms with Crippen molar-refractivity contribution < 1.29 is 14.3 Å². The number of benzene rings is 1. The van der Waals surface area contributed by atoms with Crippen LogP contribution in [0.25, 0.3) is 6.08 Å². The second-order valence-electron chi connectivity index (χ2n) is 4.21. The SMILES string of the molecule is CCOC(=O)/C(C)=C\c1ccccc1N/N=C(\Cl)C(C)=O. The predicted molar refractivity (Wildman–Crippen MR) is 84.3 cm³/mol. The highest BCUT2D eigenvalue weighted by atomic mass is 35.5. The fourth-order valence-electron chi connectivity index (χ4n) is 1.45. The summed E-state index contributed by atoms with van der Waals surface area (Å²) in [6, 6.07) is 7.20. The van der Waals surface area contributed by atoms with Crippen molar-refractivity contribution in [2.24, 2.45) is 5.10 Å². The molecule has 0 unspecified atom stereocenters. The number of hydrogen-bond donors (Lipinski definition) is 1. The maximum atomic E-state index is 11.6. The minimum Gasteiger partial charge on any atom is -0.463 e. The van der Waals surface area contributed by atoms with Gasteiger partial charge in [0.25, 0.3) is 0 Å². The molecule has 0 aliphatic rings. The van der Waals surface area contributed by atoms with Crippen LogP contribution in [0.3, 0.4) is 0 Å². The van der Waals surface area contributed by atoms with Crippen LogP contribution >= 0.6 is 11.6 Å². The molecule has 1 N–H and O–H groups in total. The first kappa shape index (κ1) is 16.9. The van der Waals surface area contributed by atoms with Crippen molar-refractivity contribution in [2.75, 3.05) is 12.0 Å². The van der Waals surface area contributed by atoms with Gasteiger partial charge in [-0.05, 0) is 31.6 Å². The predicted octanol–water partition coefficient (Wildman–Crippen LogP) is 3.21. The van der Waals surface area contributed by atoms with E-state index >= 15 is 0 Å². The molecule has 112 valence electrons. The lowest BCUT2D eigenvalue weighted by Gasteiger charge is -2.07. The molecule has 0 aliphatic carbocycles. The van der Waals surface area contributed by atoms with Crippen LogP contribution < -0.4 is 5.43 Å². The van der Waals surface area contributed by atoms with Gasteiger partial charge in [0.15, 0.2) is 11.0 Å². The summed E-state index contributed by atoms with van der Waals surface area (Å²) in [4.78, 5) is 22.6. The summed E-state index contributed by atoms with van der Waals surface area (Å²) in [6.45, 7) is 5.06. The number of nitrogens with zero attached hydrogens (tertiary/aromatic N) is 1. The topological polar surface area (TPSA) is 67.8 Å². The van der Waals surface area contributed by atoms with Crippen molar-refractivity contribution in [2.45, 2.75) is 20.8 Å². The highest BCUT2D eigenvalue weighted by molar-refractivity contribution is 6.82. The van der Waals surface area contributed by atoms with Crippen LogP contribution in [0, 0.1) is 0 Å². The molecule has 1 aromatic rings. The third kappa shape index (κ3) is 5.39. The Hall–Kier alpha value is -2.14. The lowest BCUT2D eigenvalue weighted by atomic mass is 10.1. The molecule has 5 nitrogen and oxygen atoms in total. The minimum absolute atomic E-state index is 0.143. The zero-order valence-corrected chi connectivity index (χ0v) is 12.9. The zero-order valence-electron chi connectivity index (χ0n) is 12.1. The molecule has 0 saturated heterocycles. The van der Waals surface area contributed by atoms with Gasteiger partial charge in [0, 0.05) is 12.5 Å². The number of hydrazone groups is 1. The smallest absolute Gasteiger partial charge is 0.333 e. The molecule has 6 heteroatoms. The maximum absolute atomic E-state index is 11.6. The molecule has 1 aromatic carbocycles. The number of nitrogens with one attached hydrogen (secondary N) is 1. The van der Waals surface area contributed by atoms with E-state index < -0.39 is 0 Å². The Kier molecular flexibility index (Phi) is 6.62. The summed E-state index contributed by atoms with van der Waals surface area (Å²) in [6.07, 6.45) is 1.68. The zero-order chi connectivity index (χ0) is 15.8. The van der Waals surface area contributed by atoms with Crippen LogP contribution in [0.4, 0.5) is 5.69 Å². The van der Waals surface area contributed by atoms with Gasteiger partial charge >= 0.3 is 5.97 Å².